The second-order valence-electron chi connectivity index (χ2n) is 18.8. The van der Waals surface area contributed by atoms with E-state index in [1.807, 2.05) is 102 Å². The molecule has 0 radical (unpaired) electrons. The predicted molar refractivity (Wildman–Crippen MR) is 319 cm³/mol. The van der Waals surface area contributed by atoms with Gasteiger partial charge in [0, 0.05) is 70.5 Å². The molecule has 0 fully saturated rings. The summed E-state index contributed by atoms with van der Waals surface area (Å²) in [5.74, 6) is -1.31. The van der Waals surface area contributed by atoms with E-state index in [1.54, 1.807) is 75.2 Å². The molecule has 0 aliphatic carbocycles. The molecule has 13 nitrogen and oxygen atoms in total. The second kappa shape index (κ2) is 30.7. The van der Waals surface area contributed by atoms with Crippen molar-refractivity contribution in [1.29, 1.82) is 5.41 Å². The zero-order valence-corrected chi connectivity index (χ0v) is 48.4. The number of hydrogen-bond acceptors (Lipinski definition) is 11. The Balaban J connectivity index is 0.000000328. The number of nitrogens with one attached hydrogen (secondary N) is 2. The maximum Gasteiger partial charge on any atom is 2.00 e. The van der Waals surface area contributed by atoms with Crippen LogP contribution < -0.4 is 4.90 Å². The maximum atomic E-state index is 12.6. The van der Waals surface area contributed by atoms with Gasteiger partial charge in [-0.05, 0) is 145 Å². The number of hydrogen-bond donors (Lipinski definition) is 3. The summed E-state index contributed by atoms with van der Waals surface area (Å²) in [6.07, 6.45) is 16.7. The maximum absolute atomic E-state index is 12.6. The van der Waals surface area contributed by atoms with Gasteiger partial charge < -0.3 is 30.7 Å². The van der Waals surface area contributed by atoms with Gasteiger partial charge in [0.05, 0.1) is 34.4 Å². The molecule has 0 saturated carbocycles. The summed E-state index contributed by atoms with van der Waals surface area (Å²) in [5.41, 5.74) is 14.9. The van der Waals surface area contributed by atoms with Gasteiger partial charge in [-0.2, -0.15) is 18.3 Å². The summed E-state index contributed by atoms with van der Waals surface area (Å²) >= 11 is 5.32. The number of nitrogens with zero attached hydrogens (tertiary/aromatic N) is 6. The van der Waals surface area contributed by atoms with Crippen LogP contribution in [0.5, 0.6) is 0 Å². The van der Waals surface area contributed by atoms with Gasteiger partial charge >= 0.3 is 37.6 Å². The molecule has 2 unspecified atom stereocenters. The summed E-state index contributed by atoms with van der Waals surface area (Å²) < 4.78 is 44.0. The van der Waals surface area contributed by atoms with E-state index >= 15 is 0 Å². The van der Waals surface area contributed by atoms with Crippen molar-refractivity contribution in [3.05, 3.63) is 206 Å². The molecule has 0 saturated heterocycles. The number of thiocarbonyl (C=S) groups is 1. The molecule has 0 spiro atoms. The summed E-state index contributed by atoms with van der Waals surface area (Å²) in [4.78, 5) is 45.4. The smallest absolute Gasteiger partial charge is 0.753 e. The fraction of sp³-hybridized carbons (Fsp3) is 0.258. The average molecular weight is 1220 g/mol. The second-order valence-corrected chi connectivity index (χ2v) is 19.9. The van der Waals surface area contributed by atoms with Gasteiger partial charge in [0.1, 0.15) is 17.7 Å². The van der Waals surface area contributed by atoms with Crippen LogP contribution in [0, 0.1) is 5.41 Å². The Morgan fingerprint density at radius 1 is 0.914 bits per heavy atom. The minimum Gasteiger partial charge on any atom is -0.753 e. The molecule has 81 heavy (non-hydrogen) atoms. The topological polar surface area (TPSA) is 211 Å². The average Bonchev–Trinajstić information content (AvgIpc) is 4.19. The van der Waals surface area contributed by atoms with E-state index in [2.05, 4.69) is 45.1 Å². The Kier molecular flexibility index (Phi) is 24.2. The number of carboxylic acids is 2. The Morgan fingerprint density at radius 3 is 2.17 bits per heavy atom. The molecule has 4 N–H and O–H groups in total. The number of rotatable bonds is 20. The van der Waals surface area contributed by atoms with Crippen LogP contribution in [0.2, 0.25) is 0 Å². The van der Waals surface area contributed by atoms with E-state index in [9.17, 15) is 33.0 Å². The first-order valence-corrected chi connectivity index (χ1v) is 27.2. The Hall–Kier alpha value is -7.82. The Bertz CT molecular complexity index is 3360. The number of allylic oxidation sites excluding steroid dienone is 4. The Morgan fingerprint density at radius 2 is 1.56 bits per heavy atom. The standard InChI is InChI=1S/C41H36N4O5.C20H25F3N3S.CNS.Ru/c1-3-29(40(46)47)19-27-15-17-42-35(21-27)37-22-28(20-30(4-2)41(48)49)23-38(44-37)36-24-31(16-18-43-36)39-25-34(26-50-39)45(32-11-7-5-8-12-32)33-13-9-6-10-14-33;1-3-4-5-6-7-14-9-11-27-18(14)15-8-10-26-19(2,13-15)16(24)12-17(25)20(21,22)23;2-1-3;/h5-21,23-26,37H,3-4,22H2,1-2H3,(H,46,47)(H,48,49);8-12,24-25H,3-7,13H2,1-2H3;;/q;2*-1;+2/b29-19+,30-20+;16-12-,25-17?;;. The van der Waals surface area contributed by atoms with E-state index in [0.717, 1.165) is 51.5 Å². The molecule has 4 aromatic heterocycles. The van der Waals surface area contributed by atoms with Crippen molar-refractivity contribution in [2.75, 3.05) is 4.90 Å². The molecule has 2 aliphatic rings. The van der Waals surface area contributed by atoms with Crippen molar-refractivity contribution in [3.63, 3.8) is 0 Å². The number of thiophene rings is 1. The summed E-state index contributed by atoms with van der Waals surface area (Å²) in [7, 11) is 0. The number of isothiocyanates is 1. The number of aromatic nitrogens is 2. The van der Waals surface area contributed by atoms with Gasteiger partial charge in [0.15, 0.2) is 0 Å². The number of carboxylic acid groups (broad SMARTS) is 2. The molecule has 0 amide bonds. The fourth-order valence-electron chi connectivity index (χ4n) is 8.86. The number of unbranched alkanes of at least 4 members (excludes halogenated alkanes) is 3. The van der Waals surface area contributed by atoms with Gasteiger partial charge in [-0.1, -0.05) is 88.6 Å². The zero-order chi connectivity index (χ0) is 57.8. The predicted octanol–water partition coefficient (Wildman–Crippen LogP) is 17.0. The molecule has 8 rings (SSSR count). The van der Waals surface area contributed by atoms with E-state index in [4.69, 9.17) is 26.0 Å². The number of carbonyl (C=O) groups is 2. The number of pyridine rings is 2. The quantitative estimate of drug-likeness (QED) is 0.0218. The molecule has 2 aromatic carbocycles. The van der Waals surface area contributed by atoms with Gasteiger partial charge in [0.25, 0.3) is 0 Å². The van der Waals surface area contributed by atoms with E-state index in [0.29, 0.717) is 60.2 Å². The molecule has 6 aromatic rings. The van der Waals surface area contributed by atoms with Crippen molar-refractivity contribution in [3.8, 4) is 11.3 Å². The van der Waals surface area contributed by atoms with E-state index in [-0.39, 0.29) is 36.3 Å². The third-order valence-electron chi connectivity index (χ3n) is 13.1. The fourth-order valence-corrected chi connectivity index (χ4v) is 9.84. The van der Waals surface area contributed by atoms with Crippen LogP contribution in [0.15, 0.2) is 182 Å². The van der Waals surface area contributed by atoms with Gasteiger partial charge in [-0.15, -0.1) is 17.0 Å². The van der Waals surface area contributed by atoms with Crippen molar-refractivity contribution >= 4 is 87.0 Å². The first-order chi connectivity index (χ1) is 38.4. The van der Waals surface area contributed by atoms with Crippen LogP contribution in [-0.4, -0.2) is 66.6 Å². The first kappa shape index (κ1) is 64.0. The zero-order valence-electron chi connectivity index (χ0n) is 45.1. The third kappa shape index (κ3) is 17.8. The number of benzene rings is 2. The molecule has 2 atom stereocenters. The molecule has 6 heterocycles. The number of aliphatic imine (C=N–C) groups is 2. The normalized spacial score (nSPS) is 16.2. The number of halogens is 3. The van der Waals surface area contributed by atoms with Crippen LogP contribution in [-0.2, 0) is 35.5 Å². The largest absolute Gasteiger partial charge is 2.00 e. The van der Waals surface area contributed by atoms with Crippen LogP contribution in [0.3, 0.4) is 0 Å². The molecular formula is C62H61F3N8O5RuS2. The minimum atomic E-state index is -4.75. The SMILES string of the molecule is CC/C(=C\C1=CC(c2cc(-c3cc(N(c4ccccc4)c4ccccc4)co3)ccn2)=NC(c2cc(/C=C(\CC)C(=O)O)ccn2)C1)C(=O)O.CCCCCCc1ccsc1C1=CC=NC(C)(/C([NH-])=C/C(=N)C(F)(F)F)C1.[N-]=C=S.[Ru+2]. The van der Waals surface area contributed by atoms with Crippen LogP contribution >= 0.6 is 23.6 Å². The van der Waals surface area contributed by atoms with Crippen LogP contribution in [0.25, 0.3) is 34.1 Å². The Labute approximate surface area is 492 Å². The number of anilines is 3. The number of furan rings is 1. The van der Waals surface area contributed by atoms with Crippen molar-refractivity contribution in [2.45, 2.75) is 103 Å². The van der Waals surface area contributed by atoms with Crippen molar-refractivity contribution in [2.24, 2.45) is 9.98 Å². The number of alkyl halides is 3. The van der Waals surface area contributed by atoms with Gasteiger partial charge in [-0.25, -0.2) is 9.59 Å². The summed E-state index contributed by atoms with van der Waals surface area (Å²) in [6.45, 7) is 7.42. The summed E-state index contributed by atoms with van der Waals surface area (Å²) in [6, 6.07) is 31.1. The van der Waals surface area contributed by atoms with Crippen LogP contribution in [0.1, 0.15) is 112 Å². The summed E-state index contributed by atoms with van der Waals surface area (Å²) in [5, 5.41) is 37.0. The van der Waals surface area contributed by atoms with Gasteiger partial charge in [0.2, 0.25) is 0 Å². The molecule has 420 valence electrons. The van der Waals surface area contributed by atoms with Crippen molar-refractivity contribution < 1.29 is 56.9 Å². The number of para-hydroxylation sites is 2. The molecule has 2 aliphatic heterocycles. The van der Waals surface area contributed by atoms with Crippen LogP contribution in [0.4, 0.5) is 30.2 Å². The monoisotopic (exact) mass is 1220 g/mol. The van der Waals surface area contributed by atoms with E-state index in [1.165, 1.54) is 30.0 Å². The minimum absolute atomic E-state index is 0. The molecular weight excluding hydrogens is 1160 g/mol. The molecule has 19 heteroatoms. The van der Waals surface area contributed by atoms with E-state index < -0.39 is 35.4 Å². The number of aliphatic carboxylic acids is 2. The third-order valence-corrected chi connectivity index (χ3v) is 14.1. The first-order valence-electron chi connectivity index (χ1n) is 25.9. The number of dihydropyridines is 2. The van der Waals surface area contributed by atoms with Gasteiger partial charge in [-0.3, -0.25) is 25.4 Å². The number of aryl methyl sites for hydroxylation is 1. The molecule has 0 bridgehead atoms. The van der Waals surface area contributed by atoms with Crippen molar-refractivity contribution in [1.82, 2.24) is 9.97 Å².